The quantitative estimate of drug-likeness (QED) is 0.603. The topological polar surface area (TPSA) is 68.1 Å². The van der Waals surface area contributed by atoms with Gasteiger partial charge < -0.3 is 4.57 Å². The van der Waals surface area contributed by atoms with Crippen molar-refractivity contribution in [2.45, 2.75) is 38.0 Å². The Bertz CT molecular complexity index is 1160. The Balaban J connectivity index is 1.59. The Morgan fingerprint density at radius 1 is 1.31 bits per heavy atom. The van der Waals surface area contributed by atoms with E-state index in [1.807, 2.05) is 6.07 Å². The molecule has 0 N–H and O–H groups in total. The fourth-order valence-electron chi connectivity index (χ4n) is 3.91. The summed E-state index contributed by atoms with van der Waals surface area (Å²) in [6.07, 6.45) is 4.20. The Labute approximate surface area is 174 Å². The van der Waals surface area contributed by atoms with Gasteiger partial charge in [0.15, 0.2) is 0 Å². The van der Waals surface area contributed by atoms with Gasteiger partial charge in [-0.2, -0.15) is 0 Å². The summed E-state index contributed by atoms with van der Waals surface area (Å²) in [4.78, 5) is 8.98. The molecule has 29 heavy (non-hydrogen) atoms. The molecule has 0 spiro atoms. The number of sulfonamides is 1. The number of nitrogens with zero attached hydrogens (tertiary/aromatic N) is 4. The molecule has 1 atom stereocenters. The van der Waals surface area contributed by atoms with Crippen molar-refractivity contribution in [3.63, 3.8) is 0 Å². The van der Waals surface area contributed by atoms with Crippen molar-refractivity contribution in [1.29, 1.82) is 0 Å². The third kappa shape index (κ3) is 3.89. The highest BCUT2D eigenvalue weighted by molar-refractivity contribution is 7.88. The van der Waals surface area contributed by atoms with Crippen molar-refractivity contribution < 1.29 is 12.8 Å². The highest BCUT2D eigenvalue weighted by Gasteiger charge is 2.35. The number of hydrogen-bond donors (Lipinski definition) is 0. The summed E-state index contributed by atoms with van der Waals surface area (Å²) >= 11 is 6.03. The normalized spacial score (nSPS) is 18.2. The van der Waals surface area contributed by atoms with Gasteiger partial charge in [-0.1, -0.05) is 17.7 Å². The molecule has 1 aliphatic heterocycles. The maximum atomic E-state index is 13.3. The minimum absolute atomic E-state index is 0.00302. The lowest BCUT2D eigenvalue weighted by atomic mass is 10.1. The van der Waals surface area contributed by atoms with Crippen LogP contribution in [-0.2, 0) is 15.8 Å². The molecule has 1 unspecified atom stereocenters. The molecule has 1 saturated heterocycles. The SMILES string of the molecule is CC(C)n1c(C2CCN(S(=O)(=O)Cc3ccc(F)cc3Cl)C2)nc2ccncc21. The molecule has 4 rings (SSSR count). The van der Waals surface area contributed by atoms with Gasteiger partial charge in [0, 0.05) is 36.3 Å². The summed E-state index contributed by atoms with van der Waals surface area (Å²) in [5.74, 6) is 0.159. The first-order valence-electron chi connectivity index (χ1n) is 9.50. The predicted octanol–water partition coefficient (Wildman–Crippen LogP) is 4.12. The van der Waals surface area contributed by atoms with Crippen molar-refractivity contribution in [3.05, 3.63) is 58.9 Å². The van der Waals surface area contributed by atoms with Gasteiger partial charge in [-0.3, -0.25) is 4.98 Å². The van der Waals surface area contributed by atoms with Gasteiger partial charge in [-0.05, 0) is 44.0 Å². The van der Waals surface area contributed by atoms with E-state index < -0.39 is 15.8 Å². The Morgan fingerprint density at radius 3 is 2.83 bits per heavy atom. The van der Waals surface area contributed by atoms with Gasteiger partial charge in [0.25, 0.3) is 0 Å². The van der Waals surface area contributed by atoms with E-state index in [1.165, 1.54) is 16.4 Å². The number of aromatic nitrogens is 3. The zero-order valence-corrected chi connectivity index (χ0v) is 17.8. The zero-order chi connectivity index (χ0) is 20.8. The van der Waals surface area contributed by atoms with Gasteiger partial charge in [0.05, 0.1) is 23.0 Å². The third-order valence-electron chi connectivity index (χ3n) is 5.30. The molecule has 6 nitrogen and oxygen atoms in total. The van der Waals surface area contributed by atoms with Gasteiger partial charge in [0.1, 0.15) is 11.6 Å². The summed E-state index contributed by atoms with van der Waals surface area (Å²) in [7, 11) is -3.58. The lowest BCUT2D eigenvalue weighted by molar-refractivity contribution is 0.465. The van der Waals surface area contributed by atoms with Crippen LogP contribution in [0.25, 0.3) is 11.0 Å². The lowest BCUT2D eigenvalue weighted by Crippen LogP contribution is -2.30. The van der Waals surface area contributed by atoms with Crippen LogP contribution in [0, 0.1) is 5.82 Å². The number of fused-ring (bicyclic) bond motifs is 1. The zero-order valence-electron chi connectivity index (χ0n) is 16.2. The molecule has 0 bridgehead atoms. The average Bonchev–Trinajstić information content (AvgIpc) is 3.28. The molecule has 1 aliphatic rings. The van der Waals surface area contributed by atoms with Crippen LogP contribution in [-0.4, -0.2) is 40.3 Å². The number of imidazole rings is 1. The molecule has 3 heterocycles. The highest BCUT2D eigenvalue weighted by atomic mass is 35.5. The second kappa shape index (κ2) is 7.66. The van der Waals surface area contributed by atoms with Gasteiger partial charge in [0.2, 0.25) is 10.0 Å². The van der Waals surface area contributed by atoms with Crippen molar-refractivity contribution >= 4 is 32.7 Å². The molecule has 154 valence electrons. The molecular weight excluding hydrogens is 415 g/mol. The third-order valence-corrected chi connectivity index (χ3v) is 7.44. The first-order valence-corrected chi connectivity index (χ1v) is 11.5. The minimum Gasteiger partial charge on any atom is -0.324 e. The first-order chi connectivity index (χ1) is 13.8. The minimum atomic E-state index is -3.58. The monoisotopic (exact) mass is 436 g/mol. The fraction of sp³-hybridized carbons (Fsp3) is 0.400. The van der Waals surface area contributed by atoms with Crippen LogP contribution < -0.4 is 0 Å². The van der Waals surface area contributed by atoms with E-state index in [0.717, 1.165) is 22.9 Å². The average molecular weight is 437 g/mol. The Kier molecular flexibility index (Phi) is 5.35. The fourth-order valence-corrected chi connectivity index (χ4v) is 5.84. The van der Waals surface area contributed by atoms with Crippen LogP contribution in [0.5, 0.6) is 0 Å². The number of pyridine rings is 1. The summed E-state index contributed by atoms with van der Waals surface area (Å²) in [6, 6.07) is 5.84. The smallest absolute Gasteiger partial charge is 0.218 e. The number of rotatable bonds is 5. The van der Waals surface area contributed by atoms with Crippen molar-refractivity contribution in [3.8, 4) is 0 Å². The largest absolute Gasteiger partial charge is 0.324 e. The van der Waals surface area contributed by atoms with Crippen LogP contribution in [0.4, 0.5) is 4.39 Å². The maximum Gasteiger partial charge on any atom is 0.218 e. The standard InChI is InChI=1S/C20H22ClFN4O2S/c1-13(2)26-19-10-23-7-5-18(19)24-20(26)14-6-8-25(11-14)29(27,28)12-15-3-4-16(22)9-17(15)21/h3-5,7,9-10,13-14H,6,8,11-12H2,1-2H3. The van der Waals surface area contributed by atoms with E-state index in [-0.39, 0.29) is 22.7 Å². The summed E-state index contributed by atoms with van der Waals surface area (Å²) in [6.45, 7) is 4.95. The second-order valence-corrected chi connectivity index (χ2v) is 10.0. The summed E-state index contributed by atoms with van der Waals surface area (Å²) < 4.78 is 42.8. The molecule has 3 aromatic rings. The van der Waals surface area contributed by atoms with E-state index in [9.17, 15) is 12.8 Å². The first kappa shape index (κ1) is 20.3. The van der Waals surface area contributed by atoms with Crippen LogP contribution in [0.3, 0.4) is 0 Å². The van der Waals surface area contributed by atoms with Crippen LogP contribution in [0.15, 0.2) is 36.7 Å². The van der Waals surface area contributed by atoms with Crippen LogP contribution in [0.1, 0.15) is 43.6 Å². The van der Waals surface area contributed by atoms with Gasteiger partial charge in [-0.15, -0.1) is 0 Å². The van der Waals surface area contributed by atoms with Gasteiger partial charge in [-0.25, -0.2) is 22.1 Å². The predicted molar refractivity (Wildman–Crippen MR) is 111 cm³/mol. The van der Waals surface area contributed by atoms with E-state index in [0.29, 0.717) is 25.1 Å². The maximum absolute atomic E-state index is 13.3. The number of hydrogen-bond acceptors (Lipinski definition) is 4. The Morgan fingerprint density at radius 2 is 2.10 bits per heavy atom. The lowest BCUT2D eigenvalue weighted by Gasteiger charge is -2.19. The van der Waals surface area contributed by atoms with Crippen LogP contribution in [0.2, 0.25) is 5.02 Å². The van der Waals surface area contributed by atoms with Crippen molar-refractivity contribution in [2.24, 2.45) is 0 Å². The highest BCUT2D eigenvalue weighted by Crippen LogP contribution is 2.33. The Hall–Kier alpha value is -2.03. The second-order valence-electron chi connectivity index (χ2n) is 7.63. The molecule has 0 radical (unpaired) electrons. The summed E-state index contributed by atoms with van der Waals surface area (Å²) in [5.41, 5.74) is 2.22. The summed E-state index contributed by atoms with van der Waals surface area (Å²) in [5, 5.41) is 0.124. The van der Waals surface area contributed by atoms with E-state index in [4.69, 9.17) is 16.6 Å². The van der Waals surface area contributed by atoms with Crippen LogP contribution >= 0.6 is 11.6 Å². The molecule has 2 aromatic heterocycles. The van der Waals surface area contributed by atoms with E-state index in [1.54, 1.807) is 12.4 Å². The molecule has 0 saturated carbocycles. The van der Waals surface area contributed by atoms with E-state index >= 15 is 0 Å². The van der Waals surface area contributed by atoms with Crippen molar-refractivity contribution in [2.75, 3.05) is 13.1 Å². The molecule has 9 heteroatoms. The molecule has 1 fully saturated rings. The van der Waals surface area contributed by atoms with E-state index in [2.05, 4.69) is 23.4 Å². The number of halogens is 2. The molecule has 1 aromatic carbocycles. The van der Waals surface area contributed by atoms with Gasteiger partial charge >= 0.3 is 0 Å². The number of benzene rings is 1. The molecular formula is C20H22ClFN4O2S. The molecule has 0 amide bonds. The van der Waals surface area contributed by atoms with Crippen molar-refractivity contribution in [1.82, 2.24) is 18.8 Å². The molecule has 0 aliphatic carbocycles.